The number of hydrogen-bond acceptors (Lipinski definition) is 3. The first-order valence-corrected chi connectivity index (χ1v) is 9.55. The molecule has 0 bridgehead atoms. The fraction of sp³-hybridized carbons (Fsp3) is 0.333. The van der Waals surface area contributed by atoms with Crippen LogP contribution in [0.5, 0.6) is 5.88 Å². The van der Waals surface area contributed by atoms with Gasteiger partial charge in [-0.3, -0.25) is 0 Å². The second kappa shape index (κ2) is 9.73. The zero-order valence-corrected chi connectivity index (χ0v) is 16.3. The van der Waals surface area contributed by atoms with Crippen molar-refractivity contribution >= 4 is 16.9 Å². The quantitative estimate of drug-likeness (QED) is 0.412. The number of guanidine groups is 1. The fourth-order valence-electron chi connectivity index (χ4n) is 2.97. The Hall–Kier alpha value is -3.09. The number of H-pyrrole nitrogens is 1. The van der Waals surface area contributed by atoms with Crippen LogP contribution >= 0.6 is 0 Å². The van der Waals surface area contributed by atoms with E-state index in [1.165, 1.54) is 12.1 Å². The Morgan fingerprint density at radius 2 is 2.11 bits per heavy atom. The third-order valence-corrected chi connectivity index (χ3v) is 4.27. The van der Waals surface area contributed by atoms with E-state index in [2.05, 4.69) is 25.6 Å². The summed E-state index contributed by atoms with van der Waals surface area (Å²) in [6, 6.07) is 8.66. The van der Waals surface area contributed by atoms with E-state index in [1.54, 1.807) is 6.20 Å². The number of halogens is 1. The van der Waals surface area contributed by atoms with E-state index in [0.717, 1.165) is 47.5 Å². The molecule has 7 heteroatoms. The number of pyridine rings is 1. The molecule has 0 aliphatic heterocycles. The predicted octanol–water partition coefficient (Wildman–Crippen LogP) is 3.40. The lowest BCUT2D eigenvalue weighted by molar-refractivity contribution is 0.326. The molecule has 0 saturated heterocycles. The first kappa shape index (κ1) is 19.7. The third-order valence-electron chi connectivity index (χ3n) is 4.27. The van der Waals surface area contributed by atoms with E-state index in [0.29, 0.717) is 19.0 Å². The number of nitrogens with one attached hydrogen (secondary N) is 3. The topological polar surface area (TPSA) is 74.3 Å². The van der Waals surface area contributed by atoms with Crippen molar-refractivity contribution in [2.45, 2.75) is 26.8 Å². The van der Waals surface area contributed by atoms with Crippen LogP contribution in [0.4, 0.5) is 4.39 Å². The summed E-state index contributed by atoms with van der Waals surface area (Å²) in [6.07, 6.45) is 4.47. The Balaban J connectivity index is 1.59. The van der Waals surface area contributed by atoms with Crippen molar-refractivity contribution in [1.82, 2.24) is 20.6 Å². The van der Waals surface area contributed by atoms with Gasteiger partial charge in [0, 0.05) is 42.5 Å². The molecule has 0 aliphatic rings. The third kappa shape index (κ3) is 5.22. The minimum atomic E-state index is -0.232. The molecule has 3 aromatic rings. The largest absolute Gasteiger partial charge is 0.478 e. The van der Waals surface area contributed by atoms with Gasteiger partial charge in [-0.05, 0) is 55.7 Å². The Morgan fingerprint density at radius 1 is 1.21 bits per heavy atom. The molecule has 1 aromatic carbocycles. The van der Waals surface area contributed by atoms with Crippen molar-refractivity contribution in [3.05, 3.63) is 59.7 Å². The Morgan fingerprint density at radius 3 is 2.93 bits per heavy atom. The van der Waals surface area contributed by atoms with E-state index in [4.69, 9.17) is 4.74 Å². The fourth-order valence-corrected chi connectivity index (χ4v) is 2.97. The molecule has 28 heavy (non-hydrogen) atoms. The van der Waals surface area contributed by atoms with Gasteiger partial charge >= 0.3 is 0 Å². The predicted molar refractivity (Wildman–Crippen MR) is 110 cm³/mol. The van der Waals surface area contributed by atoms with Gasteiger partial charge in [0.1, 0.15) is 5.82 Å². The zero-order chi connectivity index (χ0) is 19.8. The van der Waals surface area contributed by atoms with Gasteiger partial charge in [0.15, 0.2) is 5.96 Å². The summed E-state index contributed by atoms with van der Waals surface area (Å²) in [5, 5.41) is 7.65. The zero-order valence-electron chi connectivity index (χ0n) is 16.3. The normalized spacial score (nSPS) is 11.6. The van der Waals surface area contributed by atoms with Crippen molar-refractivity contribution < 1.29 is 9.13 Å². The molecule has 0 atom stereocenters. The van der Waals surface area contributed by atoms with Crippen molar-refractivity contribution in [3.63, 3.8) is 0 Å². The maximum atomic E-state index is 13.3. The lowest BCUT2D eigenvalue weighted by atomic mass is 10.1. The lowest BCUT2D eigenvalue weighted by Gasteiger charge is -2.11. The number of aromatic amines is 1. The molecule has 0 saturated carbocycles. The summed E-state index contributed by atoms with van der Waals surface area (Å²) in [5.74, 6) is 1.14. The van der Waals surface area contributed by atoms with Crippen LogP contribution in [0.25, 0.3) is 10.9 Å². The van der Waals surface area contributed by atoms with E-state index in [-0.39, 0.29) is 5.82 Å². The number of benzene rings is 1. The van der Waals surface area contributed by atoms with Crippen molar-refractivity contribution in [2.75, 3.05) is 19.7 Å². The Bertz CT molecular complexity index is 937. The minimum Gasteiger partial charge on any atom is -0.478 e. The first-order chi connectivity index (χ1) is 13.7. The van der Waals surface area contributed by atoms with Crippen molar-refractivity contribution in [2.24, 2.45) is 4.99 Å². The highest BCUT2D eigenvalue weighted by atomic mass is 19.1. The van der Waals surface area contributed by atoms with Crippen LogP contribution in [-0.4, -0.2) is 35.6 Å². The molecular formula is C21H26FN5O. The molecule has 0 radical (unpaired) electrons. The average molecular weight is 383 g/mol. The number of nitrogens with zero attached hydrogens (tertiary/aromatic N) is 2. The van der Waals surface area contributed by atoms with Gasteiger partial charge in [0.25, 0.3) is 0 Å². The number of hydrogen-bond donors (Lipinski definition) is 3. The SMILES string of the molecule is CCNC(=NCc1ccnc(OCC)c1)NCCc1c[nH]c2cc(F)ccc12. The number of aliphatic imine (C=N–C) groups is 1. The van der Waals surface area contributed by atoms with E-state index in [9.17, 15) is 4.39 Å². The van der Waals surface area contributed by atoms with E-state index >= 15 is 0 Å². The molecular weight excluding hydrogens is 357 g/mol. The molecule has 0 aliphatic carbocycles. The van der Waals surface area contributed by atoms with Crippen LogP contribution in [0, 0.1) is 5.82 Å². The highest BCUT2D eigenvalue weighted by Gasteiger charge is 2.05. The molecule has 0 amide bonds. The standard InChI is InChI=1S/C21H26FN5O/c1-3-23-21(27-13-15-7-9-24-20(11-15)28-4-2)25-10-8-16-14-26-19-12-17(22)5-6-18(16)19/h5-7,9,11-12,14,26H,3-4,8,10,13H2,1-2H3,(H2,23,25,27). The molecule has 2 aromatic heterocycles. The van der Waals surface area contributed by atoms with Gasteiger partial charge in [-0.1, -0.05) is 0 Å². The summed E-state index contributed by atoms with van der Waals surface area (Å²) >= 11 is 0. The minimum absolute atomic E-state index is 0.232. The highest BCUT2D eigenvalue weighted by Crippen LogP contribution is 2.19. The smallest absolute Gasteiger partial charge is 0.213 e. The van der Waals surface area contributed by atoms with Crippen LogP contribution in [0.3, 0.4) is 0 Å². The highest BCUT2D eigenvalue weighted by molar-refractivity contribution is 5.83. The molecule has 0 unspecified atom stereocenters. The van der Waals surface area contributed by atoms with Crippen LogP contribution in [0.2, 0.25) is 0 Å². The Labute approximate surface area is 164 Å². The van der Waals surface area contributed by atoms with E-state index < -0.39 is 0 Å². The van der Waals surface area contributed by atoms with Crippen molar-refractivity contribution in [1.29, 1.82) is 0 Å². The van der Waals surface area contributed by atoms with Gasteiger partial charge in [-0.25, -0.2) is 14.4 Å². The molecule has 6 nitrogen and oxygen atoms in total. The van der Waals surface area contributed by atoms with Crippen LogP contribution < -0.4 is 15.4 Å². The average Bonchev–Trinajstić information content (AvgIpc) is 3.09. The number of fused-ring (bicyclic) bond motifs is 1. The maximum Gasteiger partial charge on any atom is 0.213 e. The van der Waals surface area contributed by atoms with Crippen molar-refractivity contribution in [3.8, 4) is 5.88 Å². The van der Waals surface area contributed by atoms with Crippen LogP contribution in [0.1, 0.15) is 25.0 Å². The molecule has 3 N–H and O–H groups in total. The van der Waals surface area contributed by atoms with Gasteiger partial charge < -0.3 is 20.4 Å². The first-order valence-electron chi connectivity index (χ1n) is 9.55. The molecule has 0 spiro atoms. The summed E-state index contributed by atoms with van der Waals surface area (Å²) in [7, 11) is 0. The monoisotopic (exact) mass is 383 g/mol. The molecule has 148 valence electrons. The number of rotatable bonds is 8. The van der Waals surface area contributed by atoms with Gasteiger partial charge in [-0.15, -0.1) is 0 Å². The summed E-state index contributed by atoms with van der Waals surface area (Å²) in [4.78, 5) is 11.9. The van der Waals surface area contributed by atoms with Crippen LogP contribution in [0.15, 0.2) is 47.7 Å². The molecule has 0 fully saturated rings. The molecule has 2 heterocycles. The summed E-state index contributed by atoms with van der Waals surface area (Å²) in [6.45, 7) is 6.58. The Kier molecular flexibility index (Phi) is 6.84. The lowest BCUT2D eigenvalue weighted by Crippen LogP contribution is -2.38. The van der Waals surface area contributed by atoms with Gasteiger partial charge in [0.2, 0.25) is 5.88 Å². The number of aromatic nitrogens is 2. The summed E-state index contributed by atoms with van der Waals surface area (Å²) < 4.78 is 18.7. The van der Waals surface area contributed by atoms with E-state index in [1.807, 2.05) is 38.2 Å². The van der Waals surface area contributed by atoms with Crippen LogP contribution in [-0.2, 0) is 13.0 Å². The van der Waals surface area contributed by atoms with Gasteiger partial charge in [0.05, 0.1) is 13.2 Å². The number of ether oxygens (including phenoxy) is 1. The maximum absolute atomic E-state index is 13.3. The molecule has 3 rings (SSSR count). The second-order valence-electron chi connectivity index (χ2n) is 6.31. The van der Waals surface area contributed by atoms with Gasteiger partial charge in [-0.2, -0.15) is 0 Å². The summed E-state index contributed by atoms with van der Waals surface area (Å²) in [5.41, 5.74) is 3.00. The second-order valence-corrected chi connectivity index (χ2v) is 6.31.